The van der Waals surface area contributed by atoms with Gasteiger partial charge in [0.1, 0.15) is 5.75 Å². The van der Waals surface area contributed by atoms with Crippen molar-refractivity contribution < 1.29 is 14.6 Å². The quantitative estimate of drug-likeness (QED) is 0.835. The lowest BCUT2D eigenvalue weighted by atomic mass is 10.1. The average molecular weight is 292 g/mol. The summed E-state index contributed by atoms with van der Waals surface area (Å²) in [5.74, 6) is 0.143. The van der Waals surface area contributed by atoms with Crippen LogP contribution in [0.1, 0.15) is 24.8 Å². The van der Waals surface area contributed by atoms with Gasteiger partial charge in [-0.25, -0.2) is 0 Å². The fraction of sp³-hybridized carbons (Fsp3) is 0.562. The first-order valence-corrected chi connectivity index (χ1v) is 7.42. The Bertz CT molecular complexity index is 484. The molecule has 0 saturated carbocycles. The summed E-state index contributed by atoms with van der Waals surface area (Å²) in [5, 5.41) is 8.72. The molecule has 1 N–H and O–H groups in total. The first-order chi connectivity index (χ1) is 10.1. The van der Waals surface area contributed by atoms with Gasteiger partial charge < -0.3 is 19.6 Å². The number of carboxylic acid groups (broad SMARTS) is 1. The Morgan fingerprint density at radius 3 is 2.71 bits per heavy atom. The van der Waals surface area contributed by atoms with Crippen LogP contribution in [0.25, 0.3) is 0 Å². The summed E-state index contributed by atoms with van der Waals surface area (Å²) in [7, 11) is 3.64. The molecule has 5 nitrogen and oxygen atoms in total. The van der Waals surface area contributed by atoms with Crippen LogP contribution in [0, 0.1) is 0 Å². The van der Waals surface area contributed by atoms with Crippen LogP contribution < -0.4 is 9.64 Å². The van der Waals surface area contributed by atoms with Crippen LogP contribution in [-0.2, 0) is 11.3 Å². The van der Waals surface area contributed by atoms with Crippen molar-refractivity contribution >= 4 is 11.7 Å². The molecule has 0 aromatic heterocycles. The van der Waals surface area contributed by atoms with Crippen molar-refractivity contribution in [2.75, 3.05) is 38.7 Å². The molecule has 0 spiro atoms. The largest absolute Gasteiger partial charge is 0.495 e. The van der Waals surface area contributed by atoms with Gasteiger partial charge in [-0.3, -0.25) is 4.79 Å². The van der Waals surface area contributed by atoms with E-state index in [1.165, 1.54) is 12.8 Å². The Labute approximate surface area is 126 Å². The molecule has 0 bridgehead atoms. The van der Waals surface area contributed by atoms with Crippen LogP contribution in [0.4, 0.5) is 5.69 Å². The molecule has 1 heterocycles. The van der Waals surface area contributed by atoms with E-state index in [0.717, 1.165) is 36.6 Å². The topological polar surface area (TPSA) is 53.0 Å². The predicted octanol–water partition coefficient (Wildman–Crippen LogP) is 2.20. The predicted molar refractivity (Wildman–Crippen MR) is 83.0 cm³/mol. The van der Waals surface area contributed by atoms with E-state index in [-0.39, 0.29) is 6.42 Å². The Balaban J connectivity index is 2.02. The van der Waals surface area contributed by atoms with Crippen molar-refractivity contribution in [3.8, 4) is 5.75 Å². The summed E-state index contributed by atoms with van der Waals surface area (Å²) in [6.07, 6.45) is 2.64. The number of benzene rings is 1. The second-order valence-electron chi connectivity index (χ2n) is 5.58. The van der Waals surface area contributed by atoms with Crippen molar-refractivity contribution in [3.05, 3.63) is 23.8 Å². The second-order valence-corrected chi connectivity index (χ2v) is 5.58. The molecule has 1 aliphatic heterocycles. The Kier molecular flexibility index (Phi) is 5.44. The highest BCUT2D eigenvalue weighted by atomic mass is 16.5. The molecule has 1 fully saturated rings. The minimum atomic E-state index is -0.760. The molecule has 1 saturated heterocycles. The monoisotopic (exact) mass is 292 g/mol. The minimum Gasteiger partial charge on any atom is -0.495 e. The highest BCUT2D eigenvalue weighted by Crippen LogP contribution is 2.32. The average Bonchev–Trinajstić information content (AvgIpc) is 2.99. The van der Waals surface area contributed by atoms with E-state index in [1.54, 1.807) is 7.11 Å². The van der Waals surface area contributed by atoms with Crippen LogP contribution in [0.15, 0.2) is 18.2 Å². The number of methoxy groups -OCH3 is 1. The summed E-state index contributed by atoms with van der Waals surface area (Å²) >= 11 is 0. The van der Waals surface area contributed by atoms with E-state index >= 15 is 0 Å². The zero-order chi connectivity index (χ0) is 15.2. The van der Waals surface area contributed by atoms with E-state index in [4.69, 9.17) is 9.84 Å². The van der Waals surface area contributed by atoms with Gasteiger partial charge in [-0.15, -0.1) is 0 Å². The molecule has 0 unspecified atom stereocenters. The first-order valence-electron chi connectivity index (χ1n) is 7.42. The van der Waals surface area contributed by atoms with Gasteiger partial charge in [0.25, 0.3) is 0 Å². The summed E-state index contributed by atoms with van der Waals surface area (Å²) in [6, 6.07) is 6.28. The SMILES string of the molecule is COc1cc(CN(C)CCC(=O)O)ccc1N1CCCC1. The number of rotatable bonds is 7. The molecule has 1 aromatic rings. The highest BCUT2D eigenvalue weighted by Gasteiger charge is 2.16. The Morgan fingerprint density at radius 1 is 1.38 bits per heavy atom. The van der Waals surface area contributed by atoms with Crippen LogP contribution in [0.3, 0.4) is 0 Å². The smallest absolute Gasteiger partial charge is 0.304 e. The molecule has 2 rings (SSSR count). The van der Waals surface area contributed by atoms with Gasteiger partial charge in [0.2, 0.25) is 0 Å². The molecule has 5 heteroatoms. The van der Waals surface area contributed by atoms with Crippen molar-refractivity contribution in [2.45, 2.75) is 25.8 Å². The van der Waals surface area contributed by atoms with E-state index < -0.39 is 5.97 Å². The zero-order valence-corrected chi connectivity index (χ0v) is 12.8. The lowest BCUT2D eigenvalue weighted by Gasteiger charge is -2.22. The van der Waals surface area contributed by atoms with E-state index in [0.29, 0.717) is 6.54 Å². The Hall–Kier alpha value is -1.75. The zero-order valence-electron chi connectivity index (χ0n) is 12.8. The Morgan fingerprint density at radius 2 is 2.10 bits per heavy atom. The third kappa shape index (κ3) is 4.36. The number of aliphatic carboxylic acids is 1. The number of nitrogens with zero attached hydrogens (tertiary/aromatic N) is 2. The maximum absolute atomic E-state index is 10.6. The summed E-state index contributed by atoms with van der Waals surface area (Å²) in [5.41, 5.74) is 2.30. The number of carboxylic acids is 1. The number of anilines is 1. The lowest BCUT2D eigenvalue weighted by molar-refractivity contribution is -0.137. The molecule has 1 aliphatic rings. The molecule has 0 amide bonds. The third-order valence-corrected chi connectivity index (χ3v) is 3.85. The molecule has 0 aliphatic carbocycles. The van der Waals surface area contributed by atoms with Gasteiger partial charge >= 0.3 is 5.97 Å². The normalized spacial score (nSPS) is 14.7. The van der Waals surface area contributed by atoms with Gasteiger partial charge in [-0.2, -0.15) is 0 Å². The maximum Gasteiger partial charge on any atom is 0.304 e. The minimum absolute atomic E-state index is 0.166. The number of hydrogen-bond acceptors (Lipinski definition) is 4. The molecule has 1 aromatic carbocycles. The van der Waals surface area contributed by atoms with Gasteiger partial charge in [0.05, 0.1) is 19.2 Å². The first kappa shape index (κ1) is 15.6. The molecular weight excluding hydrogens is 268 g/mol. The fourth-order valence-corrected chi connectivity index (χ4v) is 2.72. The van der Waals surface area contributed by atoms with Crippen LogP contribution >= 0.6 is 0 Å². The summed E-state index contributed by atoms with van der Waals surface area (Å²) in [4.78, 5) is 15.0. The fourth-order valence-electron chi connectivity index (χ4n) is 2.72. The van der Waals surface area contributed by atoms with Crippen LogP contribution in [0.2, 0.25) is 0 Å². The van der Waals surface area contributed by atoms with Crippen molar-refractivity contribution in [1.82, 2.24) is 4.90 Å². The van der Waals surface area contributed by atoms with Crippen LogP contribution in [0.5, 0.6) is 5.75 Å². The van der Waals surface area contributed by atoms with Gasteiger partial charge in [0, 0.05) is 26.2 Å². The molecule has 0 atom stereocenters. The maximum atomic E-state index is 10.6. The standard InChI is InChI=1S/C16H24N2O3/c1-17(10-7-16(19)20)12-13-5-6-14(15(11-13)21-2)18-8-3-4-9-18/h5-6,11H,3-4,7-10,12H2,1-2H3,(H,19,20). The van der Waals surface area contributed by atoms with Crippen molar-refractivity contribution in [3.63, 3.8) is 0 Å². The van der Waals surface area contributed by atoms with E-state index in [9.17, 15) is 4.79 Å². The van der Waals surface area contributed by atoms with Gasteiger partial charge in [0.15, 0.2) is 0 Å². The van der Waals surface area contributed by atoms with Gasteiger partial charge in [-0.1, -0.05) is 6.07 Å². The van der Waals surface area contributed by atoms with Crippen LogP contribution in [-0.4, -0.2) is 49.8 Å². The molecule has 21 heavy (non-hydrogen) atoms. The molecule has 116 valence electrons. The highest BCUT2D eigenvalue weighted by molar-refractivity contribution is 5.66. The summed E-state index contributed by atoms with van der Waals surface area (Å²) < 4.78 is 5.52. The lowest BCUT2D eigenvalue weighted by Crippen LogP contribution is -2.22. The molecule has 0 radical (unpaired) electrons. The van der Waals surface area contributed by atoms with Crippen molar-refractivity contribution in [2.24, 2.45) is 0 Å². The van der Waals surface area contributed by atoms with E-state index in [2.05, 4.69) is 23.1 Å². The number of ether oxygens (including phenoxy) is 1. The van der Waals surface area contributed by atoms with Gasteiger partial charge in [-0.05, 0) is 37.6 Å². The number of hydrogen-bond donors (Lipinski definition) is 1. The van der Waals surface area contributed by atoms with E-state index in [1.807, 2.05) is 11.9 Å². The third-order valence-electron chi connectivity index (χ3n) is 3.85. The molecular formula is C16H24N2O3. The summed E-state index contributed by atoms with van der Waals surface area (Å²) in [6.45, 7) is 3.46. The number of carbonyl (C=O) groups is 1. The second kappa shape index (κ2) is 7.31. The van der Waals surface area contributed by atoms with Crippen molar-refractivity contribution in [1.29, 1.82) is 0 Å².